The lowest BCUT2D eigenvalue weighted by molar-refractivity contribution is 1.12. The van der Waals surface area contributed by atoms with Gasteiger partial charge in [-0.2, -0.15) is 0 Å². The van der Waals surface area contributed by atoms with Crippen molar-refractivity contribution in [2.45, 2.75) is 0 Å². The van der Waals surface area contributed by atoms with E-state index in [9.17, 15) is 0 Å². The Kier molecular flexibility index (Phi) is 8.03. The molecular formula is C56H37N3S. The topological polar surface area (TPSA) is 13.1 Å². The first kappa shape index (κ1) is 34.4. The minimum atomic E-state index is 1.09. The first-order valence-corrected chi connectivity index (χ1v) is 21.2. The summed E-state index contributed by atoms with van der Waals surface area (Å²) in [6.45, 7) is 0. The highest BCUT2D eigenvalue weighted by molar-refractivity contribution is 7.25. The number of para-hydroxylation sites is 1. The Balaban J connectivity index is 1.03. The fourth-order valence-corrected chi connectivity index (χ4v) is 10.1. The molecule has 0 N–H and O–H groups in total. The summed E-state index contributed by atoms with van der Waals surface area (Å²) in [4.78, 5) is 2.36. The quantitative estimate of drug-likeness (QED) is 0.157. The van der Waals surface area contributed by atoms with Gasteiger partial charge in [-0.25, -0.2) is 0 Å². The summed E-state index contributed by atoms with van der Waals surface area (Å²) in [6.07, 6.45) is 2.19. The summed E-state index contributed by atoms with van der Waals surface area (Å²) in [7, 11) is 0. The molecule has 9 aromatic carbocycles. The zero-order valence-corrected chi connectivity index (χ0v) is 33.4. The zero-order chi connectivity index (χ0) is 39.6. The molecule has 0 aliphatic heterocycles. The highest BCUT2D eigenvalue weighted by Crippen LogP contribution is 2.43. The molecule has 0 atom stereocenters. The van der Waals surface area contributed by atoms with E-state index >= 15 is 0 Å². The Labute approximate surface area is 351 Å². The molecule has 3 heterocycles. The fourth-order valence-electron chi connectivity index (χ4n) is 9.02. The molecule has 282 valence electrons. The maximum Gasteiger partial charge on any atom is 0.0562 e. The van der Waals surface area contributed by atoms with Crippen molar-refractivity contribution >= 4 is 81.3 Å². The van der Waals surface area contributed by atoms with Gasteiger partial charge in [0.15, 0.2) is 0 Å². The Hall–Kier alpha value is -7.66. The lowest BCUT2D eigenvalue weighted by Gasteiger charge is -2.26. The van der Waals surface area contributed by atoms with Crippen LogP contribution < -0.4 is 4.90 Å². The highest BCUT2D eigenvalue weighted by atomic mass is 32.1. The molecule has 0 unspecified atom stereocenters. The predicted molar refractivity (Wildman–Crippen MR) is 256 cm³/mol. The second-order valence-electron chi connectivity index (χ2n) is 15.4. The average molecular weight is 784 g/mol. The van der Waals surface area contributed by atoms with Crippen molar-refractivity contribution in [1.82, 2.24) is 9.13 Å². The minimum absolute atomic E-state index is 1.09. The van der Waals surface area contributed by atoms with E-state index in [1.54, 1.807) is 0 Å². The SMILES string of the molecule is c1ccc(-c2ccc(N(c3ccc(-c4ccccc4)cc3)c3ccc(-n4c5cc6c(cc5c5cc7ccn(-c8ccccc8)c7cc54)sc4ccccc46)cc3)cc2)cc1. The van der Waals surface area contributed by atoms with Gasteiger partial charge in [-0.1, -0.05) is 121 Å². The van der Waals surface area contributed by atoms with Gasteiger partial charge in [-0.15, -0.1) is 11.3 Å². The number of nitrogens with zero attached hydrogens (tertiary/aromatic N) is 3. The molecule has 0 radical (unpaired) electrons. The number of hydrogen-bond donors (Lipinski definition) is 0. The van der Waals surface area contributed by atoms with Crippen LogP contribution in [0.5, 0.6) is 0 Å². The number of thiophene rings is 1. The van der Waals surface area contributed by atoms with E-state index in [4.69, 9.17) is 0 Å². The van der Waals surface area contributed by atoms with Crippen molar-refractivity contribution < 1.29 is 0 Å². The number of hydrogen-bond acceptors (Lipinski definition) is 2. The zero-order valence-electron chi connectivity index (χ0n) is 32.6. The number of rotatable bonds is 7. The molecule has 0 aliphatic rings. The standard InChI is InChI=1S/C56H37N3S/c1-4-12-38(13-5-1)40-20-24-44(25-21-40)58(45-26-22-41(23-27-45)39-14-6-2-7-15-39)46-28-30-47(31-29-46)59-53-35-51-48-18-10-11-19-55(48)60-56(51)36-50(53)49-34-42-32-33-57(52(42)37-54(49)59)43-16-8-3-9-17-43/h1-37H. The second kappa shape index (κ2) is 14.0. The van der Waals surface area contributed by atoms with Gasteiger partial charge < -0.3 is 14.0 Å². The summed E-state index contributed by atoms with van der Waals surface area (Å²) in [5.74, 6) is 0. The Morgan fingerprint density at radius 3 is 1.48 bits per heavy atom. The van der Waals surface area contributed by atoms with Crippen molar-refractivity contribution in [3.05, 3.63) is 225 Å². The third kappa shape index (κ3) is 5.72. The lowest BCUT2D eigenvalue weighted by Crippen LogP contribution is -2.10. The van der Waals surface area contributed by atoms with Crippen LogP contribution in [0.3, 0.4) is 0 Å². The van der Waals surface area contributed by atoms with Crippen molar-refractivity contribution in [3.63, 3.8) is 0 Å². The van der Waals surface area contributed by atoms with Gasteiger partial charge in [0.2, 0.25) is 0 Å². The van der Waals surface area contributed by atoms with Crippen molar-refractivity contribution in [3.8, 4) is 33.6 Å². The molecule has 60 heavy (non-hydrogen) atoms. The summed E-state index contributed by atoms with van der Waals surface area (Å²) in [6, 6.07) is 79.4. The van der Waals surface area contributed by atoms with Gasteiger partial charge in [0.25, 0.3) is 0 Å². The monoisotopic (exact) mass is 783 g/mol. The Bertz CT molecular complexity index is 3410. The molecule has 0 saturated carbocycles. The first-order valence-electron chi connectivity index (χ1n) is 20.4. The van der Waals surface area contributed by atoms with Gasteiger partial charge in [0.05, 0.1) is 16.6 Å². The van der Waals surface area contributed by atoms with Gasteiger partial charge in [-0.05, 0) is 119 Å². The van der Waals surface area contributed by atoms with E-state index in [2.05, 4.69) is 239 Å². The Morgan fingerprint density at radius 2 is 0.850 bits per heavy atom. The molecule has 3 nitrogen and oxygen atoms in total. The van der Waals surface area contributed by atoms with Crippen LogP contribution in [0.15, 0.2) is 225 Å². The summed E-state index contributed by atoms with van der Waals surface area (Å²) in [5, 5.41) is 6.35. The maximum absolute atomic E-state index is 2.47. The van der Waals surface area contributed by atoms with Gasteiger partial charge in [0.1, 0.15) is 0 Å². The van der Waals surface area contributed by atoms with Crippen LogP contribution in [0.25, 0.3) is 86.5 Å². The molecule has 3 aromatic heterocycles. The first-order chi connectivity index (χ1) is 29.7. The summed E-state index contributed by atoms with van der Waals surface area (Å²) in [5.41, 5.74) is 13.9. The van der Waals surface area contributed by atoms with E-state index in [1.165, 1.54) is 75.1 Å². The molecule has 0 spiro atoms. The molecule has 0 aliphatic carbocycles. The average Bonchev–Trinajstić information content (AvgIpc) is 4.00. The smallest absolute Gasteiger partial charge is 0.0562 e. The number of fused-ring (bicyclic) bond motifs is 7. The lowest BCUT2D eigenvalue weighted by atomic mass is 10.0. The van der Waals surface area contributed by atoms with E-state index < -0.39 is 0 Å². The third-order valence-electron chi connectivity index (χ3n) is 11.9. The highest BCUT2D eigenvalue weighted by Gasteiger charge is 2.19. The number of anilines is 3. The number of aromatic nitrogens is 2. The molecule has 12 rings (SSSR count). The Morgan fingerprint density at radius 1 is 0.333 bits per heavy atom. The van der Waals surface area contributed by atoms with Gasteiger partial charge >= 0.3 is 0 Å². The molecule has 0 saturated heterocycles. The largest absolute Gasteiger partial charge is 0.316 e. The normalized spacial score (nSPS) is 11.7. The van der Waals surface area contributed by atoms with Crippen LogP contribution in [-0.2, 0) is 0 Å². The summed E-state index contributed by atoms with van der Waals surface area (Å²) >= 11 is 1.88. The van der Waals surface area contributed by atoms with Crippen LogP contribution in [-0.4, -0.2) is 9.13 Å². The van der Waals surface area contributed by atoms with Crippen molar-refractivity contribution in [2.75, 3.05) is 4.90 Å². The number of benzene rings is 9. The second-order valence-corrected chi connectivity index (χ2v) is 16.5. The maximum atomic E-state index is 2.47. The van der Waals surface area contributed by atoms with Gasteiger partial charge in [0, 0.05) is 71.0 Å². The van der Waals surface area contributed by atoms with E-state index in [1.807, 2.05) is 11.3 Å². The van der Waals surface area contributed by atoms with Crippen LogP contribution in [0, 0.1) is 0 Å². The molecular weight excluding hydrogens is 747 g/mol. The van der Waals surface area contributed by atoms with E-state index in [0.717, 1.165) is 28.4 Å². The molecule has 0 bridgehead atoms. The molecule has 12 aromatic rings. The van der Waals surface area contributed by atoms with Crippen LogP contribution in [0.2, 0.25) is 0 Å². The van der Waals surface area contributed by atoms with Crippen molar-refractivity contribution in [1.29, 1.82) is 0 Å². The fraction of sp³-hybridized carbons (Fsp3) is 0. The van der Waals surface area contributed by atoms with E-state index in [0.29, 0.717) is 0 Å². The molecule has 0 fully saturated rings. The molecule has 4 heteroatoms. The third-order valence-corrected chi connectivity index (χ3v) is 13.1. The molecule has 0 amide bonds. The van der Waals surface area contributed by atoms with Crippen LogP contribution in [0.4, 0.5) is 17.1 Å². The predicted octanol–water partition coefficient (Wildman–Crippen LogP) is 15.9. The van der Waals surface area contributed by atoms with E-state index in [-0.39, 0.29) is 0 Å². The van der Waals surface area contributed by atoms with Crippen LogP contribution >= 0.6 is 11.3 Å². The summed E-state index contributed by atoms with van der Waals surface area (Å²) < 4.78 is 7.40. The van der Waals surface area contributed by atoms with Gasteiger partial charge in [-0.3, -0.25) is 0 Å². The van der Waals surface area contributed by atoms with Crippen LogP contribution in [0.1, 0.15) is 0 Å². The van der Waals surface area contributed by atoms with Crippen molar-refractivity contribution in [2.24, 2.45) is 0 Å². The minimum Gasteiger partial charge on any atom is -0.316 e.